The molecule has 0 radical (unpaired) electrons. The van der Waals surface area contributed by atoms with Crippen molar-refractivity contribution in [1.29, 1.82) is 0 Å². The maximum absolute atomic E-state index is 10.8. The third-order valence-corrected chi connectivity index (χ3v) is 3.29. The van der Waals surface area contributed by atoms with Crippen LogP contribution in [0, 0.1) is 0 Å². The number of aromatic nitrogens is 2. The molecule has 0 saturated carbocycles. The van der Waals surface area contributed by atoms with Gasteiger partial charge in [0.15, 0.2) is 0 Å². The van der Waals surface area contributed by atoms with Gasteiger partial charge in [0.1, 0.15) is 17.5 Å². The van der Waals surface area contributed by atoms with Gasteiger partial charge in [-0.1, -0.05) is 0 Å². The van der Waals surface area contributed by atoms with Gasteiger partial charge in [-0.25, -0.2) is 4.79 Å². The molecule has 0 amide bonds. The average Bonchev–Trinajstić information content (AvgIpc) is 2.87. The molecule has 0 bridgehead atoms. The third kappa shape index (κ3) is 2.50. The van der Waals surface area contributed by atoms with Crippen molar-refractivity contribution in [3.8, 4) is 17.0 Å². The summed E-state index contributed by atoms with van der Waals surface area (Å²) in [6.45, 7) is 1.90. The minimum Gasteiger partial charge on any atom is -0.488 e. The number of ether oxygens (including phenoxy) is 1. The smallest absolute Gasteiger partial charge is 0.353 e. The number of H-pyrrole nitrogens is 1. The maximum atomic E-state index is 10.8. The lowest BCUT2D eigenvalue weighted by Crippen LogP contribution is -2.51. The van der Waals surface area contributed by atoms with Crippen LogP contribution < -0.4 is 4.74 Å². The second-order valence-corrected chi connectivity index (χ2v) is 4.96. The fraction of sp³-hybridized carbons (Fsp3) is 0.286. The molecule has 20 heavy (non-hydrogen) atoms. The zero-order chi connectivity index (χ0) is 14.1. The van der Waals surface area contributed by atoms with Crippen molar-refractivity contribution in [1.82, 2.24) is 15.1 Å². The largest absolute Gasteiger partial charge is 0.488 e. The highest BCUT2D eigenvalue weighted by Gasteiger charge is 2.24. The van der Waals surface area contributed by atoms with E-state index in [0.717, 1.165) is 24.4 Å². The van der Waals surface area contributed by atoms with Crippen molar-refractivity contribution >= 4 is 5.97 Å². The Bertz CT molecular complexity index is 615. The van der Waals surface area contributed by atoms with Crippen LogP contribution in [-0.2, 0) is 0 Å². The molecule has 0 aliphatic carbocycles. The Balaban J connectivity index is 1.70. The number of hydrogen-bond donors (Lipinski definition) is 2. The van der Waals surface area contributed by atoms with Crippen molar-refractivity contribution in [3.63, 3.8) is 0 Å². The van der Waals surface area contributed by atoms with Crippen LogP contribution in [0.15, 0.2) is 30.3 Å². The number of likely N-dealkylation sites (tertiary alicyclic amines) is 1. The summed E-state index contributed by atoms with van der Waals surface area (Å²) in [5.74, 6) is -0.196. The number of carbonyl (C=O) groups is 1. The molecule has 104 valence electrons. The molecule has 2 heterocycles. The molecule has 6 heteroatoms. The SMILES string of the molecule is CN1CC(Oc2ccc(-c3cc(C(=O)O)[nH]n3)cc2)C1. The molecule has 2 N–H and O–H groups in total. The van der Waals surface area contributed by atoms with Gasteiger partial charge < -0.3 is 9.84 Å². The molecular formula is C14H15N3O3. The Morgan fingerprint density at radius 3 is 2.65 bits per heavy atom. The first-order valence-electron chi connectivity index (χ1n) is 6.36. The summed E-state index contributed by atoms with van der Waals surface area (Å²) in [5, 5.41) is 15.3. The summed E-state index contributed by atoms with van der Waals surface area (Å²) in [7, 11) is 2.06. The number of hydrogen-bond acceptors (Lipinski definition) is 4. The molecule has 1 aromatic heterocycles. The number of rotatable bonds is 4. The van der Waals surface area contributed by atoms with E-state index in [1.165, 1.54) is 6.07 Å². The van der Waals surface area contributed by atoms with Crippen molar-refractivity contribution < 1.29 is 14.6 Å². The van der Waals surface area contributed by atoms with E-state index in [1.807, 2.05) is 24.3 Å². The number of aromatic carboxylic acids is 1. The molecule has 1 aliphatic heterocycles. The molecule has 1 aromatic carbocycles. The molecule has 1 saturated heterocycles. The van der Waals surface area contributed by atoms with Crippen molar-refractivity contribution in [3.05, 3.63) is 36.0 Å². The van der Waals surface area contributed by atoms with E-state index in [-0.39, 0.29) is 11.8 Å². The van der Waals surface area contributed by atoms with E-state index in [9.17, 15) is 4.79 Å². The summed E-state index contributed by atoms with van der Waals surface area (Å²) in [6.07, 6.45) is 0.259. The summed E-state index contributed by atoms with van der Waals surface area (Å²) in [5.41, 5.74) is 1.54. The highest BCUT2D eigenvalue weighted by atomic mass is 16.5. The first kappa shape index (κ1) is 12.7. The van der Waals surface area contributed by atoms with E-state index in [4.69, 9.17) is 9.84 Å². The van der Waals surface area contributed by atoms with Crippen LogP contribution in [0.1, 0.15) is 10.5 Å². The summed E-state index contributed by atoms with van der Waals surface area (Å²) < 4.78 is 5.79. The standard InChI is InChI=1S/C14H15N3O3/c1-17-7-11(8-17)20-10-4-2-9(3-5-10)12-6-13(14(18)19)16-15-12/h2-6,11H,7-8H2,1H3,(H,15,16)(H,18,19). The minimum atomic E-state index is -1.02. The molecule has 6 nitrogen and oxygen atoms in total. The molecule has 0 unspecified atom stereocenters. The monoisotopic (exact) mass is 273 g/mol. The Morgan fingerprint density at radius 2 is 2.10 bits per heavy atom. The number of carboxylic acids is 1. The Morgan fingerprint density at radius 1 is 1.40 bits per heavy atom. The van der Waals surface area contributed by atoms with Gasteiger partial charge in [-0.2, -0.15) is 5.10 Å². The molecule has 0 spiro atoms. The fourth-order valence-electron chi connectivity index (χ4n) is 2.19. The number of carboxylic acid groups (broad SMARTS) is 1. The summed E-state index contributed by atoms with van der Waals surface area (Å²) in [6, 6.07) is 9.02. The molecule has 2 aromatic rings. The van der Waals surface area contributed by atoms with Crippen LogP contribution in [0.3, 0.4) is 0 Å². The molecule has 1 fully saturated rings. The fourth-order valence-corrected chi connectivity index (χ4v) is 2.19. The predicted molar refractivity (Wildman–Crippen MR) is 72.9 cm³/mol. The molecule has 1 aliphatic rings. The van der Waals surface area contributed by atoms with Crippen LogP contribution in [0.5, 0.6) is 5.75 Å². The van der Waals surface area contributed by atoms with Crippen molar-refractivity contribution in [2.75, 3.05) is 20.1 Å². The van der Waals surface area contributed by atoms with Crippen LogP contribution in [0.4, 0.5) is 0 Å². The van der Waals surface area contributed by atoms with E-state index in [0.29, 0.717) is 5.69 Å². The second kappa shape index (κ2) is 4.97. The first-order valence-corrected chi connectivity index (χ1v) is 6.36. The van der Waals surface area contributed by atoms with Crippen LogP contribution >= 0.6 is 0 Å². The highest BCUT2D eigenvalue weighted by molar-refractivity contribution is 5.86. The van der Waals surface area contributed by atoms with Crippen LogP contribution in [0.25, 0.3) is 11.3 Å². The predicted octanol–water partition coefficient (Wildman–Crippen LogP) is 1.47. The van der Waals surface area contributed by atoms with E-state index < -0.39 is 5.97 Å². The van der Waals surface area contributed by atoms with Crippen molar-refractivity contribution in [2.45, 2.75) is 6.10 Å². The van der Waals surface area contributed by atoms with E-state index in [2.05, 4.69) is 22.1 Å². The maximum Gasteiger partial charge on any atom is 0.353 e. The Labute approximate surface area is 116 Å². The zero-order valence-electron chi connectivity index (χ0n) is 11.0. The Kier molecular flexibility index (Phi) is 3.15. The van der Waals surface area contributed by atoms with E-state index in [1.54, 1.807) is 0 Å². The number of nitrogens with one attached hydrogen (secondary N) is 1. The van der Waals surface area contributed by atoms with Gasteiger partial charge in [-0.15, -0.1) is 0 Å². The van der Waals surface area contributed by atoms with Gasteiger partial charge >= 0.3 is 5.97 Å². The number of nitrogens with zero attached hydrogens (tertiary/aromatic N) is 2. The molecule has 3 rings (SSSR count). The van der Waals surface area contributed by atoms with Gasteiger partial charge in [-0.05, 0) is 37.4 Å². The topological polar surface area (TPSA) is 78.5 Å². The zero-order valence-corrected chi connectivity index (χ0v) is 11.0. The molecule has 0 atom stereocenters. The first-order chi connectivity index (χ1) is 9.61. The van der Waals surface area contributed by atoms with Gasteiger partial charge in [-0.3, -0.25) is 10.00 Å². The normalized spacial score (nSPS) is 15.8. The van der Waals surface area contributed by atoms with Gasteiger partial charge in [0.2, 0.25) is 0 Å². The Hall–Kier alpha value is -2.34. The summed E-state index contributed by atoms with van der Waals surface area (Å²) >= 11 is 0. The van der Waals surface area contributed by atoms with Gasteiger partial charge in [0, 0.05) is 18.7 Å². The van der Waals surface area contributed by atoms with E-state index >= 15 is 0 Å². The lowest BCUT2D eigenvalue weighted by molar-refractivity contribution is 0.0388. The third-order valence-electron chi connectivity index (χ3n) is 3.29. The molecular weight excluding hydrogens is 258 g/mol. The lowest BCUT2D eigenvalue weighted by Gasteiger charge is -2.35. The second-order valence-electron chi connectivity index (χ2n) is 4.96. The quantitative estimate of drug-likeness (QED) is 0.882. The summed E-state index contributed by atoms with van der Waals surface area (Å²) in [4.78, 5) is 13.0. The van der Waals surface area contributed by atoms with Gasteiger partial charge in [0.25, 0.3) is 0 Å². The minimum absolute atomic E-state index is 0.0813. The number of benzene rings is 1. The highest BCUT2D eigenvalue weighted by Crippen LogP contribution is 2.23. The number of likely N-dealkylation sites (N-methyl/N-ethyl adjacent to an activating group) is 1. The average molecular weight is 273 g/mol. The van der Waals surface area contributed by atoms with Crippen molar-refractivity contribution in [2.24, 2.45) is 0 Å². The lowest BCUT2D eigenvalue weighted by atomic mass is 10.1. The van der Waals surface area contributed by atoms with Gasteiger partial charge in [0.05, 0.1) is 5.69 Å². The number of aromatic amines is 1. The van der Waals surface area contributed by atoms with Crippen LogP contribution in [-0.4, -0.2) is 52.4 Å². The van der Waals surface area contributed by atoms with Crippen LogP contribution in [0.2, 0.25) is 0 Å².